The number of carboxylic acids is 1. The largest absolute Gasteiger partial charge is 0.477 e. The Morgan fingerprint density at radius 2 is 2.38 bits per heavy atom. The number of hydrogen-bond acceptors (Lipinski definition) is 4. The Hall–Kier alpha value is -0.940. The Balaban J connectivity index is 1.90. The van der Waals surface area contributed by atoms with Gasteiger partial charge in [0.25, 0.3) is 0 Å². The van der Waals surface area contributed by atoms with Crippen LogP contribution in [0.25, 0.3) is 0 Å². The fourth-order valence-electron chi connectivity index (χ4n) is 2.67. The number of carboxylic acid groups (broad SMARTS) is 1. The van der Waals surface area contributed by atoms with Crippen molar-refractivity contribution in [2.75, 3.05) is 0 Å². The van der Waals surface area contributed by atoms with Crippen molar-refractivity contribution in [3.8, 4) is 0 Å². The van der Waals surface area contributed by atoms with Crippen molar-refractivity contribution >= 4 is 17.3 Å². The summed E-state index contributed by atoms with van der Waals surface area (Å²) in [7, 11) is 0. The molecule has 0 aliphatic carbocycles. The van der Waals surface area contributed by atoms with Crippen LogP contribution in [0.15, 0.2) is 0 Å². The lowest BCUT2D eigenvalue weighted by molar-refractivity contribution is 0.0701. The summed E-state index contributed by atoms with van der Waals surface area (Å²) >= 11 is 1.31. The molecule has 3 atom stereocenters. The van der Waals surface area contributed by atoms with Crippen molar-refractivity contribution in [2.24, 2.45) is 0 Å². The van der Waals surface area contributed by atoms with Gasteiger partial charge in [-0.05, 0) is 26.2 Å². The summed E-state index contributed by atoms with van der Waals surface area (Å²) in [6, 6.07) is 0. The molecule has 4 nitrogen and oxygen atoms in total. The molecule has 1 N–H and O–H groups in total. The molecule has 2 aliphatic heterocycles. The van der Waals surface area contributed by atoms with Gasteiger partial charge in [-0.25, -0.2) is 9.78 Å². The zero-order valence-electron chi connectivity index (χ0n) is 8.97. The van der Waals surface area contributed by atoms with E-state index in [2.05, 4.69) is 4.98 Å². The van der Waals surface area contributed by atoms with Gasteiger partial charge in [-0.15, -0.1) is 11.3 Å². The lowest BCUT2D eigenvalue weighted by atomic mass is 9.90. The predicted octanol–water partition coefficient (Wildman–Crippen LogP) is 2.18. The summed E-state index contributed by atoms with van der Waals surface area (Å²) in [6.45, 7) is 1.76. The number of thiazole rings is 1. The van der Waals surface area contributed by atoms with Gasteiger partial charge in [0.1, 0.15) is 4.88 Å². The van der Waals surface area contributed by atoms with Gasteiger partial charge in [0.2, 0.25) is 0 Å². The molecule has 2 aliphatic rings. The van der Waals surface area contributed by atoms with Crippen molar-refractivity contribution in [2.45, 2.75) is 44.3 Å². The standard InChI is InChI=1S/C11H13NO3S/c1-5-9(11(13)14)16-10(12-5)7-4-6-2-3-8(7)15-6/h6-8H,2-4H2,1H3,(H,13,14). The minimum Gasteiger partial charge on any atom is -0.477 e. The van der Waals surface area contributed by atoms with Gasteiger partial charge in [0, 0.05) is 5.92 Å². The zero-order valence-corrected chi connectivity index (χ0v) is 9.79. The topological polar surface area (TPSA) is 59.4 Å². The van der Waals surface area contributed by atoms with Crippen LogP contribution in [-0.4, -0.2) is 28.3 Å². The van der Waals surface area contributed by atoms with Gasteiger partial charge in [-0.2, -0.15) is 0 Å². The summed E-state index contributed by atoms with van der Waals surface area (Å²) in [6.07, 6.45) is 3.91. The van der Waals surface area contributed by atoms with Crippen LogP contribution in [-0.2, 0) is 4.74 Å². The summed E-state index contributed by atoms with van der Waals surface area (Å²) in [5, 5.41) is 9.94. The average molecular weight is 239 g/mol. The fourth-order valence-corrected chi connectivity index (χ4v) is 3.74. The number of aromatic carboxylic acids is 1. The van der Waals surface area contributed by atoms with Crippen molar-refractivity contribution in [3.63, 3.8) is 0 Å². The first kappa shape index (κ1) is 10.2. The Bertz CT molecular complexity index is 442. The van der Waals surface area contributed by atoms with Crippen LogP contribution in [0.3, 0.4) is 0 Å². The van der Waals surface area contributed by atoms with Crippen LogP contribution in [0, 0.1) is 6.92 Å². The molecule has 0 spiro atoms. The second-order valence-corrected chi connectivity index (χ2v) is 5.52. The van der Waals surface area contributed by atoms with Gasteiger partial charge in [0.15, 0.2) is 0 Å². The van der Waals surface area contributed by atoms with Crippen molar-refractivity contribution in [1.82, 2.24) is 4.98 Å². The fraction of sp³-hybridized carbons (Fsp3) is 0.636. The molecule has 1 aromatic heterocycles. The molecule has 1 aromatic rings. The highest BCUT2D eigenvalue weighted by molar-refractivity contribution is 7.13. The van der Waals surface area contributed by atoms with Crippen LogP contribution >= 0.6 is 11.3 Å². The number of fused-ring (bicyclic) bond motifs is 2. The van der Waals surface area contributed by atoms with Crippen molar-refractivity contribution < 1.29 is 14.6 Å². The van der Waals surface area contributed by atoms with E-state index >= 15 is 0 Å². The Labute approximate surface area is 97.3 Å². The molecule has 0 radical (unpaired) electrons. The molecule has 86 valence electrons. The molecule has 2 bridgehead atoms. The van der Waals surface area contributed by atoms with Crippen LogP contribution in [0.5, 0.6) is 0 Å². The van der Waals surface area contributed by atoms with Crippen LogP contribution in [0.4, 0.5) is 0 Å². The van der Waals surface area contributed by atoms with E-state index in [-0.39, 0.29) is 6.10 Å². The first-order valence-electron chi connectivity index (χ1n) is 5.51. The van der Waals surface area contributed by atoms with Gasteiger partial charge in [0.05, 0.1) is 22.9 Å². The van der Waals surface area contributed by atoms with E-state index < -0.39 is 5.97 Å². The maximum atomic E-state index is 10.9. The number of aryl methyl sites for hydroxylation is 1. The summed E-state index contributed by atoms with van der Waals surface area (Å²) in [5.74, 6) is -0.541. The normalized spacial score (nSPS) is 32.2. The molecule has 0 saturated carbocycles. The molecule has 3 heterocycles. The third-order valence-electron chi connectivity index (χ3n) is 3.43. The minimum absolute atomic E-state index is 0.275. The van der Waals surface area contributed by atoms with E-state index in [1.807, 2.05) is 0 Å². The number of hydrogen-bond donors (Lipinski definition) is 1. The summed E-state index contributed by atoms with van der Waals surface area (Å²) < 4.78 is 5.77. The van der Waals surface area contributed by atoms with E-state index in [1.54, 1.807) is 6.92 Å². The summed E-state index contributed by atoms with van der Waals surface area (Å²) in [4.78, 5) is 15.7. The van der Waals surface area contributed by atoms with E-state index in [0.717, 1.165) is 24.3 Å². The smallest absolute Gasteiger partial charge is 0.347 e. The molecule has 3 unspecified atom stereocenters. The highest BCUT2D eigenvalue weighted by atomic mass is 32.1. The maximum absolute atomic E-state index is 10.9. The lowest BCUT2D eigenvalue weighted by Gasteiger charge is -2.15. The monoisotopic (exact) mass is 239 g/mol. The van der Waals surface area contributed by atoms with Gasteiger partial charge in [-0.1, -0.05) is 0 Å². The van der Waals surface area contributed by atoms with Gasteiger partial charge in [-0.3, -0.25) is 0 Å². The predicted molar refractivity (Wildman–Crippen MR) is 59.1 cm³/mol. The number of aromatic nitrogens is 1. The molecular weight excluding hydrogens is 226 g/mol. The van der Waals surface area contributed by atoms with E-state index in [9.17, 15) is 4.79 Å². The Kier molecular flexibility index (Phi) is 2.26. The highest BCUT2D eigenvalue weighted by Gasteiger charge is 2.43. The molecule has 5 heteroatoms. The minimum atomic E-state index is -0.870. The zero-order chi connectivity index (χ0) is 11.3. The molecule has 2 saturated heterocycles. The van der Waals surface area contributed by atoms with E-state index in [0.29, 0.717) is 22.6 Å². The first-order chi connectivity index (χ1) is 7.65. The number of nitrogens with zero attached hydrogens (tertiary/aromatic N) is 1. The number of ether oxygens (including phenoxy) is 1. The third-order valence-corrected chi connectivity index (χ3v) is 4.71. The molecule has 3 rings (SSSR count). The number of carbonyl (C=O) groups is 1. The summed E-state index contributed by atoms with van der Waals surface area (Å²) in [5.41, 5.74) is 0.635. The maximum Gasteiger partial charge on any atom is 0.347 e. The average Bonchev–Trinajstić information content (AvgIpc) is 2.89. The lowest BCUT2D eigenvalue weighted by Crippen LogP contribution is -2.13. The molecular formula is C11H13NO3S. The van der Waals surface area contributed by atoms with Crippen LogP contribution in [0.2, 0.25) is 0 Å². The Morgan fingerprint density at radius 1 is 1.56 bits per heavy atom. The Morgan fingerprint density at radius 3 is 2.88 bits per heavy atom. The molecule has 16 heavy (non-hydrogen) atoms. The second kappa shape index (κ2) is 3.53. The van der Waals surface area contributed by atoms with Gasteiger partial charge >= 0.3 is 5.97 Å². The molecule has 0 amide bonds. The van der Waals surface area contributed by atoms with Crippen molar-refractivity contribution in [3.05, 3.63) is 15.6 Å². The van der Waals surface area contributed by atoms with E-state index in [4.69, 9.17) is 9.84 Å². The van der Waals surface area contributed by atoms with E-state index in [1.165, 1.54) is 11.3 Å². The quantitative estimate of drug-likeness (QED) is 0.859. The first-order valence-corrected chi connectivity index (χ1v) is 6.33. The van der Waals surface area contributed by atoms with Gasteiger partial charge < -0.3 is 9.84 Å². The molecule has 2 fully saturated rings. The van der Waals surface area contributed by atoms with Crippen LogP contribution in [0.1, 0.15) is 45.6 Å². The second-order valence-electron chi connectivity index (χ2n) is 4.49. The third kappa shape index (κ3) is 1.46. The number of rotatable bonds is 2. The SMILES string of the molecule is Cc1nc(C2CC3CCC2O3)sc1C(=O)O. The van der Waals surface area contributed by atoms with Crippen molar-refractivity contribution in [1.29, 1.82) is 0 Å². The highest BCUT2D eigenvalue weighted by Crippen LogP contribution is 2.45. The van der Waals surface area contributed by atoms with Crippen LogP contribution < -0.4 is 0 Å². The molecule has 0 aromatic carbocycles.